The van der Waals surface area contributed by atoms with Crippen LogP contribution in [0.25, 0.3) is 0 Å². The summed E-state index contributed by atoms with van der Waals surface area (Å²) in [5.74, 6) is -0.155. The van der Waals surface area contributed by atoms with Crippen molar-refractivity contribution in [2.75, 3.05) is 6.61 Å². The highest BCUT2D eigenvalue weighted by Gasteiger charge is 2.38. The van der Waals surface area contributed by atoms with Crippen LogP contribution in [-0.4, -0.2) is 46.0 Å². The van der Waals surface area contributed by atoms with Crippen LogP contribution in [0.3, 0.4) is 0 Å². The number of carbonyl (C=O) groups excluding carboxylic acids is 1. The molecule has 0 radical (unpaired) electrons. The molecule has 0 saturated carbocycles. The van der Waals surface area contributed by atoms with Crippen molar-refractivity contribution in [3.63, 3.8) is 0 Å². The summed E-state index contributed by atoms with van der Waals surface area (Å²) in [6.45, 7) is 3.83. The van der Waals surface area contributed by atoms with E-state index in [1.165, 1.54) is 0 Å². The Morgan fingerprint density at radius 2 is 2.26 bits per heavy atom. The van der Waals surface area contributed by atoms with Crippen LogP contribution in [0.1, 0.15) is 35.6 Å². The van der Waals surface area contributed by atoms with Gasteiger partial charge in [0.1, 0.15) is 5.75 Å². The number of hydrogen-bond donors (Lipinski definition) is 3. The monoisotopic (exact) mass is 392 g/mol. The van der Waals surface area contributed by atoms with E-state index in [-0.39, 0.29) is 29.1 Å². The lowest BCUT2D eigenvalue weighted by atomic mass is 9.77. The van der Waals surface area contributed by atoms with Crippen LogP contribution < -0.4 is 15.9 Å². The fourth-order valence-electron chi connectivity index (χ4n) is 2.81. The molecule has 1 aliphatic rings. The second kappa shape index (κ2) is 7.90. The Labute approximate surface area is 158 Å². The molecule has 142 valence electrons. The van der Waals surface area contributed by atoms with Gasteiger partial charge in [-0.15, -0.1) is 5.10 Å². The third-order valence-electron chi connectivity index (χ3n) is 3.87. The Kier molecular flexibility index (Phi) is 5.58. The van der Waals surface area contributed by atoms with E-state index in [1.54, 1.807) is 19.1 Å². The summed E-state index contributed by atoms with van der Waals surface area (Å²) in [4.78, 5) is 11.8. The van der Waals surface area contributed by atoms with Crippen molar-refractivity contribution in [2.45, 2.75) is 26.4 Å². The lowest BCUT2D eigenvalue weighted by molar-refractivity contribution is -0.145. The quantitative estimate of drug-likeness (QED) is 0.159. The number of esters is 1. The lowest BCUT2D eigenvalue weighted by Gasteiger charge is -2.14. The third-order valence-corrected chi connectivity index (χ3v) is 4.69. The molecule has 0 aliphatic carbocycles. The van der Waals surface area contributed by atoms with Gasteiger partial charge in [0, 0.05) is 0 Å². The first kappa shape index (κ1) is 19.1. The van der Waals surface area contributed by atoms with E-state index in [1.807, 2.05) is 6.92 Å². The summed E-state index contributed by atoms with van der Waals surface area (Å²) >= 11 is 1.000. The Balaban J connectivity index is 1.83. The Morgan fingerprint density at radius 3 is 2.96 bits per heavy atom. The zero-order chi connectivity index (χ0) is 19.6. The van der Waals surface area contributed by atoms with Crippen LogP contribution in [0.15, 0.2) is 17.3 Å². The number of aryl methyl sites for hydroxylation is 1. The molecule has 10 nitrogen and oxygen atoms in total. The van der Waals surface area contributed by atoms with Gasteiger partial charge in [0.15, 0.2) is 5.01 Å². The van der Waals surface area contributed by atoms with Gasteiger partial charge in [0.2, 0.25) is 5.84 Å². The molecule has 0 fully saturated rings. The normalized spacial score (nSPS) is 16.3. The molecular formula is C15H17BN4O6S. The number of carbonyl (C=O) groups is 1. The average Bonchev–Trinajstić information content (AvgIpc) is 3.20. The molecule has 1 aromatic heterocycles. The largest absolute Gasteiger partial charge is 0.492 e. The Bertz CT molecular complexity index is 889. The maximum Gasteiger partial charge on any atom is 0.492 e. The molecule has 0 saturated heterocycles. The van der Waals surface area contributed by atoms with E-state index in [2.05, 4.69) is 15.4 Å². The molecule has 1 unspecified atom stereocenters. The molecule has 0 spiro atoms. The van der Waals surface area contributed by atoms with Crippen LogP contribution in [0.5, 0.6) is 10.9 Å². The number of aromatic nitrogens is 2. The average molecular weight is 392 g/mol. The van der Waals surface area contributed by atoms with Crippen LogP contribution in [-0.2, 0) is 14.2 Å². The zero-order valence-electron chi connectivity index (χ0n) is 14.6. The Hall–Kier alpha value is -2.70. The smallest absolute Gasteiger partial charge is 0.466 e. The summed E-state index contributed by atoms with van der Waals surface area (Å²) < 4.78 is 16.1. The van der Waals surface area contributed by atoms with Crippen molar-refractivity contribution in [3.8, 4) is 10.9 Å². The number of rotatable bonds is 6. The van der Waals surface area contributed by atoms with Crippen molar-refractivity contribution < 1.29 is 29.2 Å². The minimum absolute atomic E-state index is 0.0124. The molecule has 2 heterocycles. The van der Waals surface area contributed by atoms with Gasteiger partial charge in [-0.25, -0.2) is 0 Å². The second-order valence-corrected chi connectivity index (χ2v) is 6.63. The maximum absolute atomic E-state index is 11.8. The van der Waals surface area contributed by atoms with Gasteiger partial charge in [0.05, 0.1) is 19.1 Å². The summed E-state index contributed by atoms with van der Waals surface area (Å²) in [7, 11) is -1.18. The Morgan fingerprint density at radius 1 is 1.48 bits per heavy atom. The first-order valence-corrected chi connectivity index (χ1v) is 8.87. The van der Waals surface area contributed by atoms with Gasteiger partial charge < -0.3 is 30.1 Å². The molecule has 1 atom stereocenters. The fraction of sp³-hybridized carbons (Fsp3) is 0.333. The topological polar surface area (TPSA) is 149 Å². The molecule has 2 aromatic rings. The predicted octanol–water partition coefficient (Wildman–Crippen LogP) is 0.445. The number of ether oxygens (including phenoxy) is 2. The summed E-state index contributed by atoms with van der Waals surface area (Å²) in [6.07, 6.45) is -0.574. The van der Waals surface area contributed by atoms with Crippen molar-refractivity contribution in [1.29, 1.82) is 0 Å². The summed E-state index contributed by atoms with van der Waals surface area (Å²) in [5.41, 5.74) is 7.49. The van der Waals surface area contributed by atoms with Crippen molar-refractivity contribution in [2.24, 2.45) is 10.9 Å². The maximum atomic E-state index is 11.8. The van der Waals surface area contributed by atoms with E-state index in [0.29, 0.717) is 11.2 Å². The lowest BCUT2D eigenvalue weighted by Crippen LogP contribution is -2.28. The standard InChI is InChI=1S/C15H17BN4O6S/c1-3-24-11(21)6-10-12-7(2)4-8(5-9(12)16(22)26-10)25-15-19-18-14(27-15)13(17)20-23/h4-5,10,22-23H,3,6H2,1-2H3,(H2,17,20). The first-order valence-electron chi connectivity index (χ1n) is 8.05. The number of amidine groups is 1. The van der Waals surface area contributed by atoms with Gasteiger partial charge in [-0.2, -0.15) is 0 Å². The first-order chi connectivity index (χ1) is 12.9. The zero-order valence-corrected chi connectivity index (χ0v) is 15.4. The summed E-state index contributed by atoms with van der Waals surface area (Å²) in [6, 6.07) is 3.35. The molecule has 0 bridgehead atoms. The van der Waals surface area contributed by atoms with E-state index < -0.39 is 19.2 Å². The van der Waals surface area contributed by atoms with E-state index in [0.717, 1.165) is 22.5 Å². The van der Waals surface area contributed by atoms with Crippen molar-refractivity contribution in [1.82, 2.24) is 10.2 Å². The van der Waals surface area contributed by atoms with E-state index in [9.17, 15) is 9.82 Å². The van der Waals surface area contributed by atoms with Crippen LogP contribution in [0.2, 0.25) is 0 Å². The summed E-state index contributed by atoms with van der Waals surface area (Å²) in [5, 5.41) is 29.7. The minimum atomic E-state index is -1.18. The van der Waals surface area contributed by atoms with E-state index in [4.69, 9.17) is 25.1 Å². The van der Waals surface area contributed by atoms with Crippen LogP contribution in [0.4, 0.5) is 0 Å². The molecule has 4 N–H and O–H groups in total. The van der Waals surface area contributed by atoms with Gasteiger partial charge in [-0.05, 0) is 42.6 Å². The van der Waals surface area contributed by atoms with Crippen molar-refractivity contribution >= 4 is 35.7 Å². The number of nitrogens with two attached hydrogens (primary N) is 1. The SMILES string of the molecule is CCOC(=O)CC1OB(O)c2cc(Oc3nnc(C(N)=NO)s3)cc(C)c21. The molecule has 1 aliphatic heterocycles. The number of hydrogen-bond acceptors (Lipinski definition) is 10. The fourth-order valence-corrected chi connectivity index (χ4v) is 3.42. The highest BCUT2D eigenvalue weighted by atomic mass is 32.1. The van der Waals surface area contributed by atoms with Gasteiger partial charge in [-0.1, -0.05) is 21.6 Å². The van der Waals surface area contributed by atoms with Gasteiger partial charge in [0.25, 0.3) is 5.19 Å². The second-order valence-electron chi connectivity index (χ2n) is 5.69. The number of oxime groups is 1. The third kappa shape index (κ3) is 4.02. The highest BCUT2D eigenvalue weighted by molar-refractivity contribution is 7.15. The van der Waals surface area contributed by atoms with Gasteiger partial charge in [-0.3, -0.25) is 4.79 Å². The molecule has 3 rings (SSSR count). The van der Waals surface area contributed by atoms with Crippen LogP contribution in [0, 0.1) is 6.92 Å². The highest BCUT2D eigenvalue weighted by Crippen LogP contribution is 2.33. The molecular weight excluding hydrogens is 375 g/mol. The minimum Gasteiger partial charge on any atom is -0.466 e. The van der Waals surface area contributed by atoms with Crippen LogP contribution >= 0.6 is 11.3 Å². The number of benzene rings is 1. The van der Waals surface area contributed by atoms with Gasteiger partial charge >= 0.3 is 13.1 Å². The molecule has 0 amide bonds. The van der Waals surface area contributed by atoms with Crippen molar-refractivity contribution in [3.05, 3.63) is 28.3 Å². The molecule has 12 heteroatoms. The predicted molar refractivity (Wildman–Crippen MR) is 96.4 cm³/mol. The number of fused-ring (bicyclic) bond motifs is 1. The number of nitrogens with zero attached hydrogens (tertiary/aromatic N) is 3. The van der Waals surface area contributed by atoms with E-state index >= 15 is 0 Å². The molecule has 1 aromatic carbocycles. The molecule has 27 heavy (non-hydrogen) atoms.